The second-order valence-electron chi connectivity index (χ2n) is 29.0. The Labute approximate surface area is 738 Å². The Kier molecular flexibility index (Phi) is 40.2. The highest BCUT2D eigenvalue weighted by molar-refractivity contribution is 8.12. The van der Waals surface area contributed by atoms with Gasteiger partial charge >= 0.3 is 31.5 Å². The molecule has 1 amide bonds. The van der Waals surface area contributed by atoms with E-state index >= 15 is 0 Å². The summed E-state index contributed by atoms with van der Waals surface area (Å²) in [7, 11) is 3.94. The van der Waals surface area contributed by atoms with Crippen molar-refractivity contribution in [3.05, 3.63) is 143 Å². The van der Waals surface area contributed by atoms with Crippen molar-refractivity contribution in [1.82, 2.24) is 24.4 Å². The van der Waals surface area contributed by atoms with Gasteiger partial charge in [-0.2, -0.15) is 30.0 Å². The van der Waals surface area contributed by atoms with Crippen LogP contribution in [0.1, 0.15) is 116 Å². The van der Waals surface area contributed by atoms with Crippen molar-refractivity contribution in [2.24, 2.45) is 4.40 Å². The molecule has 0 saturated carbocycles. The lowest BCUT2D eigenvalue weighted by Gasteiger charge is -2.20. The number of aromatic nitrogens is 3. The van der Waals surface area contributed by atoms with Gasteiger partial charge in [0.2, 0.25) is 37.3 Å². The first kappa shape index (κ1) is 106. The second-order valence-corrected chi connectivity index (χ2v) is 38.5. The Morgan fingerprint density at radius 2 is 0.704 bits per heavy atom. The molecule has 9 aromatic rings. The van der Waals surface area contributed by atoms with E-state index in [4.69, 9.17) is 86.9 Å². The van der Waals surface area contributed by atoms with Crippen molar-refractivity contribution in [3.63, 3.8) is 0 Å². The number of carbonyl (C=O) groups excluding carboxylic acids is 3. The van der Waals surface area contributed by atoms with Crippen molar-refractivity contribution >= 4 is 138 Å². The summed E-state index contributed by atoms with van der Waals surface area (Å²) in [6.07, 6.45) is 13.3. The summed E-state index contributed by atoms with van der Waals surface area (Å²) < 4.78 is 202. The highest BCUT2D eigenvalue weighted by Gasteiger charge is 2.27. The maximum atomic E-state index is 12.8. The summed E-state index contributed by atoms with van der Waals surface area (Å²) in [4.78, 5) is 45.1. The molecule has 0 aliphatic heterocycles. The number of hydrogen-bond acceptors (Lipinski definition) is 31. The Morgan fingerprint density at radius 3 is 0.920 bits per heavy atom. The van der Waals surface area contributed by atoms with Crippen LogP contribution >= 0.6 is 21.4 Å². The number of methoxy groups -OCH3 is 9. The number of hydrogen-bond donors (Lipinski definition) is 6. The zero-order valence-electron chi connectivity index (χ0n) is 73.4. The maximum Gasteiger partial charge on any atom is 0.422 e. The number of nitrogens with zero attached hydrogens (tertiary/aromatic N) is 4. The van der Waals surface area contributed by atoms with Crippen LogP contribution in [0.15, 0.2) is 114 Å². The number of esters is 1. The molecule has 3 aromatic heterocycles. The number of ether oxygens (including phenoxy) is 14. The van der Waals surface area contributed by atoms with Gasteiger partial charge in [0, 0.05) is 74.7 Å². The summed E-state index contributed by atoms with van der Waals surface area (Å²) in [5.41, 5.74) is 4.22. The molecule has 125 heavy (non-hydrogen) atoms. The van der Waals surface area contributed by atoms with Crippen molar-refractivity contribution in [2.75, 3.05) is 117 Å². The van der Waals surface area contributed by atoms with E-state index in [1.807, 2.05) is 77.9 Å². The molecule has 688 valence electrons. The molecule has 3 heterocycles. The van der Waals surface area contributed by atoms with E-state index in [2.05, 4.69) is 44.2 Å². The van der Waals surface area contributed by atoms with Crippen molar-refractivity contribution in [1.29, 1.82) is 0 Å². The predicted molar refractivity (Wildman–Crippen MR) is 478 cm³/mol. The number of rotatable bonds is 32. The highest BCUT2D eigenvalue weighted by Crippen LogP contribution is 2.45. The van der Waals surface area contributed by atoms with Crippen LogP contribution in [0.25, 0.3) is 32.3 Å². The number of anilines is 3. The van der Waals surface area contributed by atoms with Crippen LogP contribution in [0.4, 0.5) is 21.9 Å². The fourth-order valence-corrected chi connectivity index (χ4v) is 13.9. The van der Waals surface area contributed by atoms with Gasteiger partial charge in [0.05, 0.1) is 113 Å². The number of carbonyl (C=O) groups is 2. The smallest absolute Gasteiger partial charge is 0.422 e. The van der Waals surface area contributed by atoms with Gasteiger partial charge in [-0.05, 0) is 206 Å². The Bertz CT molecular complexity index is 5600. The van der Waals surface area contributed by atoms with Gasteiger partial charge in [-0.15, -0.1) is 0 Å². The minimum Gasteiger partial charge on any atom is -0.493 e. The summed E-state index contributed by atoms with van der Waals surface area (Å²) in [6.45, 7) is 21.3. The third-order valence-corrected chi connectivity index (χ3v) is 19.0. The van der Waals surface area contributed by atoms with Crippen LogP contribution in [-0.2, 0) is 87.1 Å². The minimum absolute atomic E-state index is 0.139. The van der Waals surface area contributed by atoms with E-state index in [1.165, 1.54) is 13.3 Å². The van der Waals surface area contributed by atoms with E-state index in [-0.39, 0.29) is 18.0 Å². The molecule has 0 unspecified atom stereocenters. The first-order chi connectivity index (χ1) is 58.2. The zero-order valence-corrected chi connectivity index (χ0v) is 79.0. The van der Waals surface area contributed by atoms with Gasteiger partial charge in [-0.3, -0.25) is 33.9 Å². The number of pyridine rings is 3. The quantitative estimate of drug-likeness (QED) is 0.00987. The average Bonchev–Trinajstić information content (AvgIpc) is 0.782. The average molecular weight is 1890 g/mol. The summed E-state index contributed by atoms with van der Waals surface area (Å²) in [5.74, 6) is 5.28. The first-order valence-corrected chi connectivity index (χ1v) is 47.1. The van der Waals surface area contributed by atoms with Crippen LogP contribution in [0.2, 0.25) is 0 Å². The molecule has 0 saturated heterocycles. The third-order valence-electron chi connectivity index (χ3n) is 15.6. The van der Waals surface area contributed by atoms with Crippen LogP contribution < -0.4 is 80.5 Å². The zero-order chi connectivity index (χ0) is 94.4. The van der Waals surface area contributed by atoms with Gasteiger partial charge in [0.15, 0.2) is 34.5 Å². The summed E-state index contributed by atoms with van der Waals surface area (Å²) in [5, 5.41) is 12.8. The lowest BCUT2D eigenvalue weighted by molar-refractivity contribution is -0.153. The first-order valence-electron chi connectivity index (χ1n) is 37.3. The maximum absolute atomic E-state index is 12.8. The van der Waals surface area contributed by atoms with Crippen LogP contribution in [0.5, 0.6) is 69.0 Å². The number of isocyanates is 1. The predicted octanol–water partition coefficient (Wildman–Crippen LogP) is 12.7. The molecule has 0 spiro atoms. The van der Waals surface area contributed by atoms with Crippen molar-refractivity contribution in [2.45, 2.75) is 119 Å². The van der Waals surface area contributed by atoms with Crippen LogP contribution in [-0.4, -0.2) is 200 Å². The largest absolute Gasteiger partial charge is 0.493 e. The molecule has 0 aliphatic carbocycles. The molecule has 0 aliphatic rings. The van der Waals surface area contributed by atoms with Crippen molar-refractivity contribution in [3.8, 4) is 69.0 Å². The van der Waals surface area contributed by atoms with Crippen molar-refractivity contribution < 1.29 is 128 Å². The van der Waals surface area contributed by atoms with Gasteiger partial charge in [-0.1, -0.05) is 22.6 Å². The Hall–Kier alpha value is -11.1. The third kappa shape index (κ3) is 35.8. The highest BCUT2D eigenvalue weighted by atomic mass is 35.7. The molecule has 37 nitrogen and oxygen atoms in total. The second kappa shape index (κ2) is 47.3. The van der Waals surface area contributed by atoms with Gasteiger partial charge < -0.3 is 71.4 Å². The van der Waals surface area contributed by atoms with Crippen LogP contribution in [0.3, 0.4) is 0 Å². The van der Waals surface area contributed by atoms with Gasteiger partial charge in [-0.25, -0.2) is 31.1 Å². The fraction of sp³-hybridized carbons (Fsp3) is 0.407. The van der Waals surface area contributed by atoms with E-state index in [0.29, 0.717) is 123 Å². The summed E-state index contributed by atoms with van der Waals surface area (Å²) >= 11 is 0. The Morgan fingerprint density at radius 1 is 0.424 bits per heavy atom. The van der Waals surface area contributed by atoms with Gasteiger partial charge in [0.1, 0.15) is 40.7 Å². The SMILES string of the molecule is CC(C)(C)O.CC(C)(C)OC(=O)CNS(=O)(=O)Cl.CCOc1ccc2c(Cc3cc(OC)c(OC)c(OC)c3)cncc2c1NS(=O)(=O)NC(=O)OC(C)(C)C.CCOc1ccc2c(Cc3cc(OC)c(OC)c(OC)c3)cncc2c1NS(C)(=O)=O.CCOc1ccc2c(Cc3cc(OC)c(OC)c(OC)c3)cncc2c1NS(C)(=O)=O.O=C=NS(=O)(=O)Cl. The number of halogens is 2. The summed E-state index contributed by atoms with van der Waals surface area (Å²) in [6, 6.07) is 22.0. The molecular weight excluding hydrogens is 1780 g/mol. The number of fused-ring (bicyclic) bond motifs is 3. The van der Waals surface area contributed by atoms with Crippen LogP contribution in [0, 0.1) is 0 Å². The van der Waals surface area contributed by atoms with E-state index in [1.54, 1.807) is 175 Å². The lowest BCUT2D eigenvalue weighted by atomic mass is 9.99. The monoisotopic (exact) mass is 1880 g/mol. The molecule has 44 heteroatoms. The number of nitrogens with one attached hydrogen (secondary N) is 5. The molecule has 9 rings (SSSR count). The molecular formula is C81H107Cl2N9O28S5. The van der Waals surface area contributed by atoms with Gasteiger partial charge in [0.25, 0.3) is 15.3 Å². The number of aliphatic hydroxyl groups is 1. The molecule has 0 bridgehead atoms. The van der Waals surface area contributed by atoms with E-state index in [9.17, 15) is 51.7 Å². The van der Waals surface area contributed by atoms with E-state index in [0.717, 1.165) is 68.1 Å². The molecule has 0 atom stereocenters. The molecule has 0 fully saturated rings. The fourth-order valence-electron chi connectivity index (χ4n) is 11.3. The molecule has 6 aromatic carbocycles. The number of sulfonamides is 2. The topological polar surface area (TPSA) is 483 Å². The lowest BCUT2D eigenvalue weighted by Crippen LogP contribution is -2.39. The number of benzene rings is 6. The number of amides is 1. The van der Waals surface area contributed by atoms with E-state index < -0.39 is 84.1 Å². The molecule has 0 radical (unpaired) electrons. The normalized spacial score (nSPS) is 11.4. The standard InChI is InChI=1S/C26H33N3O8S.2C22H26N2O6S.C6H12ClNO4S.C4H10O.CClNO3S/c1-8-36-20-10-9-18-17(11-16-12-21(33-5)24(35-7)22(13-16)34-6)14-27-15-19(18)23(20)28-38(31,32)29-25(30)37-26(2,3)4;2*1-6-30-18-8-7-16-15(12-23-13-17(16)21(18)24-31(5,25)26)9-14-10-19(27-2)22(29-4)20(11-14)28-3;1-6(2,3)12-5(9)4-8-13(7,10)11;1-4(2,3)5;2-7(5,6)3-1-4/h9-10,12-15,28H,8,11H2,1-7H3,(H,29,30);2*7-8,10-13,24H,6,9H2,1-5H3;8H,4H2,1-3H3;5H,1-3H3;. The molecule has 6 N–H and O–H groups in total. The Balaban J connectivity index is 0.000000346. The minimum atomic E-state index is -4.37.